The summed E-state index contributed by atoms with van der Waals surface area (Å²) in [5, 5.41) is 12.5. The molecule has 2 rings (SSSR count). The van der Waals surface area contributed by atoms with Crippen molar-refractivity contribution in [1.29, 1.82) is 0 Å². The number of sulfone groups is 1. The first kappa shape index (κ1) is 16.0. The summed E-state index contributed by atoms with van der Waals surface area (Å²) in [5.41, 5.74) is 1.17. The summed E-state index contributed by atoms with van der Waals surface area (Å²) >= 11 is 0. The monoisotopic (exact) mass is 311 g/mol. The summed E-state index contributed by atoms with van der Waals surface area (Å²) in [7, 11) is -3.07. The number of hydrogen-bond acceptors (Lipinski definition) is 4. The van der Waals surface area contributed by atoms with Gasteiger partial charge in [0.15, 0.2) is 9.84 Å². The number of amides is 1. The fourth-order valence-corrected chi connectivity index (χ4v) is 3.43. The molecule has 21 heavy (non-hydrogen) atoms. The zero-order valence-corrected chi connectivity index (χ0v) is 12.9. The maximum Gasteiger partial charge on any atom is 0.251 e. The minimum absolute atomic E-state index is 0.0246. The third-order valence-corrected chi connectivity index (χ3v) is 4.65. The van der Waals surface area contributed by atoms with Gasteiger partial charge in [0.25, 0.3) is 5.91 Å². The van der Waals surface area contributed by atoms with Crippen LogP contribution in [0, 0.1) is 5.92 Å². The van der Waals surface area contributed by atoms with Crippen LogP contribution in [0.3, 0.4) is 0 Å². The molecule has 0 saturated heterocycles. The van der Waals surface area contributed by atoms with Gasteiger partial charge in [0.05, 0.1) is 11.9 Å². The smallest absolute Gasteiger partial charge is 0.251 e. The van der Waals surface area contributed by atoms with Crippen LogP contribution >= 0.6 is 0 Å². The largest absolute Gasteiger partial charge is 0.393 e. The zero-order chi connectivity index (χ0) is 15.5. The van der Waals surface area contributed by atoms with Crippen LogP contribution in [0.1, 0.15) is 35.2 Å². The zero-order valence-electron chi connectivity index (χ0n) is 12.1. The Labute approximate surface area is 125 Å². The van der Waals surface area contributed by atoms with Crippen molar-refractivity contribution < 1.29 is 18.3 Å². The number of carbonyl (C=O) groups excluding carboxylic acids is 1. The second kappa shape index (κ2) is 6.58. The molecule has 1 aromatic rings. The van der Waals surface area contributed by atoms with Gasteiger partial charge in [-0.1, -0.05) is 18.6 Å². The molecule has 0 aliphatic heterocycles. The first-order chi connectivity index (χ1) is 9.85. The Morgan fingerprint density at radius 2 is 1.95 bits per heavy atom. The molecule has 0 bridgehead atoms. The number of benzene rings is 1. The topological polar surface area (TPSA) is 83.5 Å². The van der Waals surface area contributed by atoms with Crippen LogP contribution in [-0.2, 0) is 15.6 Å². The molecular formula is C15H21NO4S. The van der Waals surface area contributed by atoms with Gasteiger partial charge < -0.3 is 10.4 Å². The predicted octanol–water partition coefficient (Wildman–Crippen LogP) is 1.12. The molecule has 2 unspecified atom stereocenters. The highest BCUT2D eigenvalue weighted by Crippen LogP contribution is 2.24. The number of nitrogens with one attached hydrogen (secondary N) is 1. The quantitative estimate of drug-likeness (QED) is 0.853. The average molecular weight is 311 g/mol. The van der Waals surface area contributed by atoms with Gasteiger partial charge in [-0.25, -0.2) is 8.42 Å². The van der Waals surface area contributed by atoms with Gasteiger partial charge in [-0.3, -0.25) is 4.79 Å². The second-order valence-corrected chi connectivity index (χ2v) is 7.88. The summed E-state index contributed by atoms with van der Waals surface area (Å²) in [6.45, 7) is 0.477. The summed E-state index contributed by atoms with van der Waals surface area (Å²) in [6, 6.07) is 6.56. The van der Waals surface area contributed by atoms with E-state index in [-0.39, 0.29) is 23.7 Å². The fraction of sp³-hybridized carbons (Fsp3) is 0.533. The number of rotatable bonds is 5. The summed E-state index contributed by atoms with van der Waals surface area (Å²) in [4.78, 5) is 12.0. The normalized spacial score (nSPS) is 22.2. The van der Waals surface area contributed by atoms with Crippen molar-refractivity contribution in [3.8, 4) is 0 Å². The molecule has 0 spiro atoms. The fourth-order valence-electron chi connectivity index (χ4n) is 2.64. The van der Waals surface area contributed by atoms with Gasteiger partial charge in [0, 0.05) is 24.3 Å². The molecule has 0 aromatic heterocycles. The molecule has 2 atom stereocenters. The van der Waals surface area contributed by atoms with E-state index in [2.05, 4.69) is 5.32 Å². The van der Waals surface area contributed by atoms with Gasteiger partial charge >= 0.3 is 0 Å². The lowest BCUT2D eigenvalue weighted by molar-refractivity contribution is 0.0917. The molecule has 1 aromatic carbocycles. The van der Waals surface area contributed by atoms with E-state index in [0.717, 1.165) is 19.3 Å². The molecule has 1 fully saturated rings. The van der Waals surface area contributed by atoms with Crippen molar-refractivity contribution in [3.63, 3.8) is 0 Å². The first-order valence-electron chi connectivity index (χ1n) is 7.08. The minimum atomic E-state index is -3.07. The third kappa shape index (κ3) is 4.82. The van der Waals surface area contributed by atoms with Crippen molar-refractivity contribution in [1.82, 2.24) is 5.32 Å². The van der Waals surface area contributed by atoms with E-state index in [1.165, 1.54) is 6.26 Å². The highest BCUT2D eigenvalue weighted by molar-refractivity contribution is 7.89. The molecule has 1 aliphatic rings. The van der Waals surface area contributed by atoms with Crippen LogP contribution in [0.5, 0.6) is 0 Å². The van der Waals surface area contributed by atoms with Crippen LogP contribution in [-0.4, -0.2) is 38.3 Å². The SMILES string of the molecule is CS(=O)(=O)Cc1ccc(C(=O)NCC2CCCC2O)cc1. The van der Waals surface area contributed by atoms with E-state index in [0.29, 0.717) is 17.7 Å². The van der Waals surface area contributed by atoms with Crippen molar-refractivity contribution in [2.45, 2.75) is 31.1 Å². The Kier molecular flexibility index (Phi) is 5.00. The maximum absolute atomic E-state index is 12.0. The van der Waals surface area contributed by atoms with Gasteiger partial charge in [-0.05, 0) is 30.5 Å². The summed E-state index contributed by atoms with van der Waals surface area (Å²) in [6.07, 6.45) is 3.61. The summed E-state index contributed by atoms with van der Waals surface area (Å²) in [5.74, 6) is -0.0816. The number of aliphatic hydroxyl groups excluding tert-OH is 1. The lowest BCUT2D eigenvalue weighted by atomic mass is 10.1. The van der Waals surface area contributed by atoms with Crippen LogP contribution in [0.4, 0.5) is 0 Å². The van der Waals surface area contributed by atoms with Crippen molar-refractivity contribution in [2.75, 3.05) is 12.8 Å². The Morgan fingerprint density at radius 1 is 1.29 bits per heavy atom. The van der Waals surface area contributed by atoms with E-state index in [1.807, 2.05) is 0 Å². The van der Waals surface area contributed by atoms with Gasteiger partial charge in [0.1, 0.15) is 0 Å². The van der Waals surface area contributed by atoms with Crippen molar-refractivity contribution >= 4 is 15.7 Å². The second-order valence-electron chi connectivity index (χ2n) is 5.74. The lowest BCUT2D eigenvalue weighted by Crippen LogP contribution is -2.32. The van der Waals surface area contributed by atoms with Crippen LogP contribution in [0.2, 0.25) is 0 Å². The molecule has 5 nitrogen and oxygen atoms in total. The Bertz CT molecular complexity index is 595. The lowest BCUT2D eigenvalue weighted by Gasteiger charge is -2.15. The van der Waals surface area contributed by atoms with E-state index in [9.17, 15) is 18.3 Å². The van der Waals surface area contributed by atoms with E-state index in [1.54, 1.807) is 24.3 Å². The Morgan fingerprint density at radius 3 is 2.48 bits per heavy atom. The molecule has 6 heteroatoms. The number of aliphatic hydroxyl groups is 1. The maximum atomic E-state index is 12.0. The number of carbonyl (C=O) groups is 1. The van der Waals surface area contributed by atoms with Crippen LogP contribution in [0.25, 0.3) is 0 Å². The van der Waals surface area contributed by atoms with Gasteiger partial charge in [-0.15, -0.1) is 0 Å². The Hall–Kier alpha value is -1.40. The predicted molar refractivity (Wildman–Crippen MR) is 80.7 cm³/mol. The molecule has 2 N–H and O–H groups in total. The Balaban J connectivity index is 1.90. The van der Waals surface area contributed by atoms with Crippen molar-refractivity contribution in [2.24, 2.45) is 5.92 Å². The molecule has 0 radical (unpaired) electrons. The minimum Gasteiger partial charge on any atom is -0.393 e. The molecule has 1 amide bonds. The van der Waals surface area contributed by atoms with E-state index in [4.69, 9.17) is 0 Å². The van der Waals surface area contributed by atoms with Gasteiger partial charge in [0.2, 0.25) is 0 Å². The van der Waals surface area contributed by atoms with Gasteiger partial charge in [-0.2, -0.15) is 0 Å². The summed E-state index contributed by atoms with van der Waals surface area (Å²) < 4.78 is 22.4. The number of hydrogen-bond donors (Lipinski definition) is 2. The third-order valence-electron chi connectivity index (χ3n) is 3.79. The van der Waals surface area contributed by atoms with E-state index >= 15 is 0 Å². The molecule has 0 heterocycles. The highest BCUT2D eigenvalue weighted by Gasteiger charge is 2.25. The molecule has 1 aliphatic carbocycles. The average Bonchev–Trinajstić information content (AvgIpc) is 2.80. The highest BCUT2D eigenvalue weighted by atomic mass is 32.2. The standard InChI is InChI=1S/C15H21NO4S/c1-21(19,20)10-11-5-7-12(8-6-11)15(18)16-9-13-3-2-4-14(13)17/h5-8,13-14,17H,2-4,9-10H2,1H3,(H,16,18). The molecular weight excluding hydrogens is 290 g/mol. The first-order valence-corrected chi connectivity index (χ1v) is 9.14. The molecule has 116 valence electrons. The molecule has 1 saturated carbocycles. The van der Waals surface area contributed by atoms with Crippen LogP contribution < -0.4 is 5.32 Å². The van der Waals surface area contributed by atoms with Crippen molar-refractivity contribution in [3.05, 3.63) is 35.4 Å². The van der Waals surface area contributed by atoms with Crippen LogP contribution in [0.15, 0.2) is 24.3 Å². The van der Waals surface area contributed by atoms with E-state index < -0.39 is 9.84 Å².